The molecule has 19 heavy (non-hydrogen) atoms. The quantitative estimate of drug-likeness (QED) is 0.890. The fraction of sp³-hybridized carbons (Fsp3) is 0.588. The van der Waals surface area contributed by atoms with Crippen LogP contribution in [-0.2, 0) is 0 Å². The second kappa shape index (κ2) is 5.35. The highest BCUT2D eigenvalue weighted by Gasteiger charge is 2.39. The lowest BCUT2D eigenvalue weighted by Crippen LogP contribution is -2.28. The van der Waals surface area contributed by atoms with Crippen molar-refractivity contribution in [2.45, 2.75) is 38.6 Å². The molecule has 1 aromatic carbocycles. The number of benzene rings is 1. The average molecular weight is 254 g/mol. The van der Waals surface area contributed by atoms with Gasteiger partial charge in [-0.1, -0.05) is 18.6 Å². The molecule has 0 aliphatic heterocycles. The topological polar surface area (TPSA) is 35.8 Å². The third-order valence-electron chi connectivity index (χ3n) is 5.11. The molecule has 1 aromatic rings. The van der Waals surface area contributed by atoms with E-state index in [9.17, 15) is 0 Å². The van der Waals surface area contributed by atoms with E-state index in [4.69, 9.17) is 5.26 Å². The fourth-order valence-electron chi connectivity index (χ4n) is 3.92. The Morgan fingerprint density at radius 2 is 2.05 bits per heavy atom. The van der Waals surface area contributed by atoms with Crippen molar-refractivity contribution in [1.29, 1.82) is 5.26 Å². The predicted octanol–water partition coefficient (Wildman–Crippen LogP) is 3.65. The Hall–Kier alpha value is -1.33. The van der Waals surface area contributed by atoms with Crippen molar-refractivity contribution in [1.82, 2.24) is 5.32 Å². The first-order chi connectivity index (χ1) is 9.26. The SMILES string of the molecule is CC(NCC1CC2CCC1C2)c1ccc(C#N)cc1. The van der Waals surface area contributed by atoms with Gasteiger partial charge in [0.15, 0.2) is 0 Å². The number of rotatable bonds is 4. The molecule has 2 bridgehead atoms. The minimum Gasteiger partial charge on any atom is -0.310 e. The van der Waals surface area contributed by atoms with Gasteiger partial charge < -0.3 is 5.32 Å². The van der Waals surface area contributed by atoms with E-state index in [2.05, 4.69) is 30.4 Å². The zero-order chi connectivity index (χ0) is 13.2. The number of nitrogens with zero attached hydrogens (tertiary/aromatic N) is 1. The molecule has 3 rings (SSSR count). The second-order valence-electron chi connectivity index (χ2n) is 6.30. The molecule has 2 heteroatoms. The van der Waals surface area contributed by atoms with E-state index < -0.39 is 0 Å². The molecule has 2 aliphatic rings. The van der Waals surface area contributed by atoms with Crippen LogP contribution in [0.4, 0.5) is 0 Å². The first-order valence-corrected chi connectivity index (χ1v) is 7.49. The van der Waals surface area contributed by atoms with Gasteiger partial charge in [0.05, 0.1) is 11.6 Å². The van der Waals surface area contributed by atoms with Crippen LogP contribution in [0, 0.1) is 29.1 Å². The van der Waals surface area contributed by atoms with Crippen molar-refractivity contribution < 1.29 is 0 Å². The summed E-state index contributed by atoms with van der Waals surface area (Å²) in [4.78, 5) is 0. The maximum Gasteiger partial charge on any atom is 0.0991 e. The molecule has 2 saturated carbocycles. The first-order valence-electron chi connectivity index (χ1n) is 7.49. The summed E-state index contributed by atoms with van der Waals surface area (Å²) < 4.78 is 0. The second-order valence-corrected chi connectivity index (χ2v) is 6.30. The molecule has 0 spiro atoms. The van der Waals surface area contributed by atoms with Crippen LogP contribution in [0.1, 0.15) is 49.8 Å². The van der Waals surface area contributed by atoms with Crippen LogP contribution >= 0.6 is 0 Å². The fourth-order valence-corrected chi connectivity index (χ4v) is 3.92. The van der Waals surface area contributed by atoms with Gasteiger partial charge in [0.25, 0.3) is 0 Å². The highest BCUT2D eigenvalue weighted by atomic mass is 14.9. The smallest absolute Gasteiger partial charge is 0.0991 e. The molecule has 4 atom stereocenters. The van der Waals surface area contributed by atoms with Crippen molar-refractivity contribution in [3.63, 3.8) is 0 Å². The highest BCUT2D eigenvalue weighted by molar-refractivity contribution is 5.32. The van der Waals surface area contributed by atoms with E-state index in [1.807, 2.05) is 12.1 Å². The summed E-state index contributed by atoms with van der Waals surface area (Å²) in [5.41, 5.74) is 2.02. The number of hydrogen-bond donors (Lipinski definition) is 1. The summed E-state index contributed by atoms with van der Waals surface area (Å²) in [5.74, 6) is 2.92. The van der Waals surface area contributed by atoms with Crippen molar-refractivity contribution in [3.05, 3.63) is 35.4 Å². The molecule has 0 radical (unpaired) electrons. The number of fused-ring (bicyclic) bond motifs is 2. The number of nitriles is 1. The Kier molecular flexibility index (Phi) is 3.57. The minimum absolute atomic E-state index is 0.381. The molecule has 0 aromatic heterocycles. The summed E-state index contributed by atoms with van der Waals surface area (Å²) in [7, 11) is 0. The molecule has 2 nitrogen and oxygen atoms in total. The van der Waals surface area contributed by atoms with Crippen molar-refractivity contribution in [2.75, 3.05) is 6.54 Å². The molecule has 0 amide bonds. The van der Waals surface area contributed by atoms with Crippen molar-refractivity contribution >= 4 is 0 Å². The maximum absolute atomic E-state index is 8.81. The third-order valence-corrected chi connectivity index (χ3v) is 5.11. The third kappa shape index (κ3) is 2.67. The van der Waals surface area contributed by atoms with Crippen LogP contribution in [0.5, 0.6) is 0 Å². The Bertz CT molecular complexity index is 471. The molecule has 4 unspecified atom stereocenters. The Balaban J connectivity index is 1.53. The molecular formula is C17H22N2. The van der Waals surface area contributed by atoms with Gasteiger partial charge >= 0.3 is 0 Å². The van der Waals surface area contributed by atoms with E-state index in [0.29, 0.717) is 6.04 Å². The van der Waals surface area contributed by atoms with Gasteiger partial charge in [-0.25, -0.2) is 0 Å². The van der Waals surface area contributed by atoms with Crippen LogP contribution in [0.2, 0.25) is 0 Å². The zero-order valence-electron chi connectivity index (χ0n) is 11.6. The van der Waals surface area contributed by atoms with E-state index >= 15 is 0 Å². The Labute approximate surface area is 115 Å². The van der Waals surface area contributed by atoms with Gasteiger partial charge in [0, 0.05) is 6.04 Å². The largest absolute Gasteiger partial charge is 0.310 e. The first kappa shape index (κ1) is 12.7. The lowest BCUT2D eigenvalue weighted by Gasteiger charge is -2.24. The van der Waals surface area contributed by atoms with Crippen LogP contribution in [0.3, 0.4) is 0 Å². The minimum atomic E-state index is 0.381. The van der Waals surface area contributed by atoms with E-state index in [1.54, 1.807) is 0 Å². The van der Waals surface area contributed by atoms with Crippen molar-refractivity contribution in [2.24, 2.45) is 17.8 Å². The molecule has 0 heterocycles. The van der Waals surface area contributed by atoms with Crippen LogP contribution in [0.25, 0.3) is 0 Å². The van der Waals surface area contributed by atoms with Gasteiger partial charge in [-0.15, -0.1) is 0 Å². The molecule has 1 N–H and O–H groups in total. The summed E-state index contributed by atoms with van der Waals surface area (Å²) in [5, 5.41) is 12.5. The Morgan fingerprint density at radius 1 is 1.26 bits per heavy atom. The normalized spacial score (nSPS) is 30.2. The van der Waals surface area contributed by atoms with Crippen LogP contribution < -0.4 is 5.32 Å². The molecule has 100 valence electrons. The summed E-state index contributed by atoms with van der Waals surface area (Å²) in [6.45, 7) is 3.37. The standard InChI is InChI=1S/C17H22N2/c1-12(15-5-2-13(10-18)3-6-15)19-11-17-9-14-4-7-16(17)8-14/h2-3,5-6,12,14,16-17,19H,4,7-9,11H2,1H3. The summed E-state index contributed by atoms with van der Waals surface area (Å²) in [6.07, 6.45) is 5.87. The lowest BCUT2D eigenvalue weighted by atomic mass is 9.88. The van der Waals surface area contributed by atoms with Crippen LogP contribution in [-0.4, -0.2) is 6.54 Å². The average Bonchev–Trinajstić information content (AvgIpc) is 3.07. The molecule has 2 fully saturated rings. The molecule has 2 aliphatic carbocycles. The molecule has 0 saturated heterocycles. The maximum atomic E-state index is 8.81. The van der Waals surface area contributed by atoms with Gasteiger partial charge in [-0.05, 0) is 68.2 Å². The Morgan fingerprint density at radius 3 is 2.63 bits per heavy atom. The van der Waals surface area contributed by atoms with E-state index in [-0.39, 0.29) is 0 Å². The summed E-state index contributed by atoms with van der Waals surface area (Å²) >= 11 is 0. The van der Waals surface area contributed by atoms with Gasteiger partial charge in [0.2, 0.25) is 0 Å². The number of hydrogen-bond acceptors (Lipinski definition) is 2. The van der Waals surface area contributed by atoms with Crippen LogP contribution in [0.15, 0.2) is 24.3 Å². The lowest BCUT2D eigenvalue weighted by molar-refractivity contribution is 0.309. The van der Waals surface area contributed by atoms with E-state index in [0.717, 1.165) is 29.9 Å². The summed E-state index contributed by atoms with van der Waals surface area (Å²) in [6, 6.07) is 10.5. The predicted molar refractivity (Wildman–Crippen MR) is 76.5 cm³/mol. The van der Waals surface area contributed by atoms with Gasteiger partial charge in [-0.2, -0.15) is 5.26 Å². The monoisotopic (exact) mass is 254 g/mol. The van der Waals surface area contributed by atoms with Crippen molar-refractivity contribution in [3.8, 4) is 6.07 Å². The number of nitrogens with one attached hydrogen (secondary N) is 1. The van der Waals surface area contributed by atoms with E-state index in [1.165, 1.54) is 31.2 Å². The zero-order valence-corrected chi connectivity index (χ0v) is 11.6. The molecular weight excluding hydrogens is 232 g/mol. The van der Waals surface area contributed by atoms with Gasteiger partial charge in [-0.3, -0.25) is 0 Å². The highest BCUT2D eigenvalue weighted by Crippen LogP contribution is 2.48. The van der Waals surface area contributed by atoms with Gasteiger partial charge in [0.1, 0.15) is 0 Å².